The van der Waals surface area contributed by atoms with Crippen LogP contribution in [0.15, 0.2) is 22.7 Å². The van der Waals surface area contributed by atoms with Gasteiger partial charge in [-0.25, -0.2) is 5.48 Å². The number of halogens is 2. The van der Waals surface area contributed by atoms with Gasteiger partial charge in [-0.2, -0.15) is 0 Å². The van der Waals surface area contributed by atoms with Crippen LogP contribution in [0.4, 0.5) is 0 Å². The Balaban J connectivity index is 2.73. The molecule has 1 N–H and O–H groups in total. The summed E-state index contributed by atoms with van der Waals surface area (Å²) in [6.07, 6.45) is 0. The number of nitrogens with one attached hydrogen (secondary N) is 1. The van der Waals surface area contributed by atoms with Crippen molar-refractivity contribution >= 4 is 33.4 Å². The molecule has 0 atom stereocenters. The molecule has 0 fully saturated rings. The van der Waals surface area contributed by atoms with Crippen LogP contribution in [0.5, 0.6) is 0 Å². The SMILES string of the molecule is CC(C)(C)ONC(=O)c1cc(Cl)cc(Br)c1. The predicted molar refractivity (Wildman–Crippen MR) is 67.5 cm³/mol. The Morgan fingerprint density at radius 3 is 2.50 bits per heavy atom. The van der Waals surface area contributed by atoms with Gasteiger partial charge in [0.2, 0.25) is 0 Å². The summed E-state index contributed by atoms with van der Waals surface area (Å²) in [5, 5.41) is 0.496. The van der Waals surface area contributed by atoms with Gasteiger partial charge in [-0.05, 0) is 39.0 Å². The second-order valence-electron chi connectivity index (χ2n) is 4.30. The second-order valence-corrected chi connectivity index (χ2v) is 5.66. The molecule has 0 heterocycles. The van der Waals surface area contributed by atoms with Crippen molar-refractivity contribution in [2.45, 2.75) is 26.4 Å². The summed E-state index contributed by atoms with van der Waals surface area (Å²) in [5.41, 5.74) is 2.40. The molecule has 1 aromatic carbocycles. The zero-order valence-corrected chi connectivity index (χ0v) is 11.6. The highest BCUT2D eigenvalue weighted by atomic mass is 79.9. The van der Waals surface area contributed by atoms with Crippen molar-refractivity contribution in [3.63, 3.8) is 0 Å². The van der Waals surface area contributed by atoms with E-state index in [9.17, 15) is 4.79 Å². The number of benzene rings is 1. The van der Waals surface area contributed by atoms with Gasteiger partial charge in [0, 0.05) is 15.1 Å². The van der Waals surface area contributed by atoms with Crippen LogP contribution in [0, 0.1) is 0 Å². The van der Waals surface area contributed by atoms with Crippen LogP contribution >= 0.6 is 27.5 Å². The maximum Gasteiger partial charge on any atom is 0.274 e. The topological polar surface area (TPSA) is 38.3 Å². The number of carbonyl (C=O) groups excluding carboxylic acids is 1. The number of hydrogen-bond donors (Lipinski definition) is 1. The predicted octanol–water partition coefficient (Wildman–Crippen LogP) is 3.56. The van der Waals surface area contributed by atoms with Gasteiger partial charge in [-0.15, -0.1) is 0 Å². The van der Waals surface area contributed by atoms with E-state index >= 15 is 0 Å². The molecule has 0 spiro atoms. The van der Waals surface area contributed by atoms with Crippen LogP contribution < -0.4 is 5.48 Å². The summed E-state index contributed by atoms with van der Waals surface area (Å²) in [6.45, 7) is 5.55. The van der Waals surface area contributed by atoms with E-state index in [1.165, 1.54) is 0 Å². The molecule has 0 aliphatic rings. The number of hydrogen-bond acceptors (Lipinski definition) is 2. The normalized spacial score (nSPS) is 11.3. The fourth-order valence-electron chi connectivity index (χ4n) is 0.943. The minimum atomic E-state index is -0.425. The van der Waals surface area contributed by atoms with Crippen molar-refractivity contribution in [2.75, 3.05) is 0 Å². The first kappa shape index (κ1) is 13.5. The number of amides is 1. The molecule has 0 saturated carbocycles. The molecule has 88 valence electrons. The molecule has 1 amide bonds. The van der Waals surface area contributed by atoms with E-state index in [4.69, 9.17) is 16.4 Å². The molecule has 0 unspecified atom stereocenters. The summed E-state index contributed by atoms with van der Waals surface area (Å²) in [4.78, 5) is 16.8. The van der Waals surface area contributed by atoms with Crippen molar-refractivity contribution in [3.05, 3.63) is 33.3 Å². The Kier molecular flexibility index (Phi) is 4.35. The summed E-state index contributed by atoms with van der Waals surface area (Å²) in [7, 11) is 0. The molecule has 0 bridgehead atoms. The Morgan fingerprint density at radius 2 is 2.00 bits per heavy atom. The van der Waals surface area contributed by atoms with Gasteiger partial charge in [0.15, 0.2) is 0 Å². The smallest absolute Gasteiger partial charge is 0.268 e. The van der Waals surface area contributed by atoms with E-state index in [0.29, 0.717) is 10.6 Å². The molecule has 3 nitrogen and oxygen atoms in total. The van der Waals surface area contributed by atoms with Crippen LogP contribution in [0.1, 0.15) is 31.1 Å². The van der Waals surface area contributed by atoms with Gasteiger partial charge in [0.25, 0.3) is 5.91 Å². The van der Waals surface area contributed by atoms with Crippen LogP contribution in [-0.2, 0) is 4.84 Å². The quantitative estimate of drug-likeness (QED) is 0.848. The van der Waals surface area contributed by atoms with E-state index in [1.807, 2.05) is 20.8 Å². The van der Waals surface area contributed by atoms with Gasteiger partial charge < -0.3 is 0 Å². The van der Waals surface area contributed by atoms with Crippen LogP contribution in [0.3, 0.4) is 0 Å². The lowest BCUT2D eigenvalue weighted by Gasteiger charge is -2.18. The van der Waals surface area contributed by atoms with E-state index in [-0.39, 0.29) is 5.91 Å². The molecule has 0 saturated heterocycles. The molecule has 0 radical (unpaired) electrons. The van der Waals surface area contributed by atoms with Crippen LogP contribution in [0.2, 0.25) is 5.02 Å². The highest BCUT2D eigenvalue weighted by Gasteiger charge is 2.14. The van der Waals surface area contributed by atoms with Crippen LogP contribution in [-0.4, -0.2) is 11.5 Å². The first-order chi connectivity index (χ1) is 7.28. The minimum absolute atomic E-state index is 0.321. The molecular formula is C11H13BrClNO2. The maximum absolute atomic E-state index is 11.7. The molecule has 1 rings (SSSR count). The summed E-state index contributed by atoms with van der Waals surface area (Å²) in [5.74, 6) is -0.321. The third kappa shape index (κ3) is 4.51. The van der Waals surface area contributed by atoms with Crippen LogP contribution in [0.25, 0.3) is 0 Å². The molecule has 16 heavy (non-hydrogen) atoms. The first-order valence-corrected chi connectivity index (χ1v) is 5.89. The summed E-state index contributed by atoms with van der Waals surface area (Å²) in [6, 6.07) is 4.96. The highest BCUT2D eigenvalue weighted by molar-refractivity contribution is 9.10. The van der Waals surface area contributed by atoms with Gasteiger partial charge in [0.1, 0.15) is 0 Å². The van der Waals surface area contributed by atoms with Gasteiger partial charge >= 0.3 is 0 Å². The van der Waals surface area contributed by atoms with Crippen molar-refractivity contribution in [1.29, 1.82) is 0 Å². The molecule has 0 aliphatic heterocycles. The average Bonchev–Trinajstić information content (AvgIpc) is 2.11. The van der Waals surface area contributed by atoms with E-state index in [2.05, 4.69) is 21.4 Å². The lowest BCUT2D eigenvalue weighted by molar-refractivity contribution is -0.0589. The third-order valence-corrected chi connectivity index (χ3v) is 2.25. The molecular weight excluding hydrogens is 293 g/mol. The number of hydroxylamine groups is 1. The zero-order chi connectivity index (χ0) is 12.3. The van der Waals surface area contributed by atoms with Crippen molar-refractivity contribution in [2.24, 2.45) is 0 Å². The van der Waals surface area contributed by atoms with E-state index in [1.54, 1.807) is 18.2 Å². The van der Waals surface area contributed by atoms with E-state index < -0.39 is 5.60 Å². The fourth-order valence-corrected chi connectivity index (χ4v) is 1.80. The molecule has 5 heteroatoms. The maximum atomic E-state index is 11.7. The average molecular weight is 307 g/mol. The third-order valence-electron chi connectivity index (χ3n) is 1.57. The van der Waals surface area contributed by atoms with Gasteiger partial charge in [-0.3, -0.25) is 9.63 Å². The Morgan fingerprint density at radius 1 is 1.38 bits per heavy atom. The Hall–Kier alpha value is -0.580. The standard InChI is InChI=1S/C11H13BrClNO2/c1-11(2,3)16-14-10(15)7-4-8(12)6-9(13)5-7/h4-6H,1-3H3,(H,14,15). The highest BCUT2D eigenvalue weighted by Crippen LogP contribution is 2.19. The van der Waals surface area contributed by atoms with Crippen molar-refractivity contribution in [3.8, 4) is 0 Å². The first-order valence-electron chi connectivity index (χ1n) is 4.72. The molecule has 0 aromatic heterocycles. The summed E-state index contributed by atoms with van der Waals surface area (Å²) < 4.78 is 0.751. The van der Waals surface area contributed by atoms with E-state index in [0.717, 1.165) is 4.47 Å². The van der Waals surface area contributed by atoms with Gasteiger partial charge in [0.05, 0.1) is 5.60 Å². The largest absolute Gasteiger partial charge is 0.274 e. The lowest BCUT2D eigenvalue weighted by Crippen LogP contribution is -2.33. The zero-order valence-electron chi connectivity index (χ0n) is 9.30. The Bertz CT molecular complexity index is 381. The van der Waals surface area contributed by atoms with Crippen molar-refractivity contribution in [1.82, 2.24) is 5.48 Å². The van der Waals surface area contributed by atoms with Crippen molar-refractivity contribution < 1.29 is 9.63 Å². The molecule has 1 aromatic rings. The monoisotopic (exact) mass is 305 g/mol. The second kappa shape index (κ2) is 5.17. The van der Waals surface area contributed by atoms with Gasteiger partial charge in [-0.1, -0.05) is 27.5 Å². The Labute approximate surface area is 108 Å². The molecule has 0 aliphatic carbocycles. The fraction of sp³-hybridized carbons (Fsp3) is 0.364. The minimum Gasteiger partial charge on any atom is -0.268 e. The number of carbonyl (C=O) groups is 1. The number of rotatable bonds is 2. The lowest BCUT2D eigenvalue weighted by atomic mass is 10.2. The summed E-state index contributed by atoms with van der Waals surface area (Å²) >= 11 is 9.10.